The molecule has 0 aliphatic rings. The molecule has 1 aromatic carbocycles. The van der Waals surface area contributed by atoms with E-state index in [0.717, 1.165) is 5.56 Å². The van der Waals surface area contributed by atoms with Crippen LogP contribution in [0.1, 0.15) is 53.0 Å². The molecule has 0 bridgehead atoms. The lowest BCUT2D eigenvalue weighted by molar-refractivity contribution is -0.155. The molecular formula is C19H28ClNO3. The van der Waals surface area contributed by atoms with Crippen LogP contribution < -0.4 is 0 Å². The van der Waals surface area contributed by atoms with Gasteiger partial charge in [-0.25, -0.2) is 0 Å². The second kappa shape index (κ2) is 9.07. The summed E-state index contributed by atoms with van der Waals surface area (Å²) in [5.41, 5.74) is 0.844. The summed E-state index contributed by atoms with van der Waals surface area (Å²) in [6.07, 6.45) is 0. The minimum atomic E-state index is -0.415. The lowest BCUT2D eigenvalue weighted by Gasteiger charge is -2.30. The Hall–Kier alpha value is -1.55. The standard InChI is InChI=1S/C19H28ClNO3/c1-12(2)18(15-7-9-16(20)10-8-15)19(23)24-11-17(22)21(13(3)4)14(5)6/h7-10,12-14,18H,11H2,1-6H3. The fourth-order valence-corrected chi connectivity index (χ4v) is 3.06. The average molecular weight is 354 g/mol. The van der Waals surface area contributed by atoms with Crippen LogP contribution in [0.4, 0.5) is 0 Å². The van der Waals surface area contributed by atoms with Crippen molar-refractivity contribution in [3.8, 4) is 0 Å². The van der Waals surface area contributed by atoms with Gasteiger partial charge in [-0.3, -0.25) is 9.59 Å². The smallest absolute Gasteiger partial charge is 0.314 e. The Morgan fingerprint density at radius 1 is 1.00 bits per heavy atom. The minimum Gasteiger partial charge on any atom is -0.455 e. The maximum Gasteiger partial charge on any atom is 0.314 e. The monoisotopic (exact) mass is 353 g/mol. The zero-order valence-corrected chi connectivity index (χ0v) is 16.1. The molecule has 134 valence electrons. The molecule has 1 atom stereocenters. The number of hydrogen-bond donors (Lipinski definition) is 0. The van der Waals surface area contributed by atoms with E-state index in [2.05, 4.69) is 0 Å². The molecule has 0 aliphatic carbocycles. The molecular weight excluding hydrogens is 326 g/mol. The SMILES string of the molecule is CC(C)C(C(=O)OCC(=O)N(C(C)C)C(C)C)c1ccc(Cl)cc1. The molecule has 0 N–H and O–H groups in total. The van der Waals surface area contributed by atoms with Crippen molar-refractivity contribution in [2.24, 2.45) is 5.92 Å². The minimum absolute atomic E-state index is 0.0556. The molecule has 0 saturated heterocycles. The largest absolute Gasteiger partial charge is 0.455 e. The summed E-state index contributed by atoms with van der Waals surface area (Å²) in [4.78, 5) is 26.6. The molecule has 0 spiro atoms. The maximum absolute atomic E-state index is 12.5. The first kappa shape index (κ1) is 20.5. The van der Waals surface area contributed by atoms with Gasteiger partial charge < -0.3 is 9.64 Å². The summed E-state index contributed by atoms with van der Waals surface area (Å²) in [5, 5.41) is 0.620. The molecule has 5 heteroatoms. The zero-order valence-electron chi connectivity index (χ0n) is 15.4. The van der Waals surface area contributed by atoms with Gasteiger partial charge in [-0.05, 0) is 51.3 Å². The lowest BCUT2D eigenvalue weighted by Crippen LogP contribution is -2.44. The molecule has 0 fully saturated rings. The van der Waals surface area contributed by atoms with E-state index in [9.17, 15) is 9.59 Å². The van der Waals surface area contributed by atoms with E-state index in [1.165, 1.54) is 0 Å². The van der Waals surface area contributed by atoms with Gasteiger partial charge in [0.15, 0.2) is 6.61 Å². The first-order valence-corrected chi connectivity index (χ1v) is 8.76. The molecule has 1 unspecified atom stereocenters. The van der Waals surface area contributed by atoms with Crippen LogP contribution in [0.2, 0.25) is 5.02 Å². The van der Waals surface area contributed by atoms with E-state index in [4.69, 9.17) is 16.3 Å². The van der Waals surface area contributed by atoms with E-state index < -0.39 is 5.92 Å². The molecule has 0 aliphatic heterocycles. The van der Waals surface area contributed by atoms with Crippen molar-refractivity contribution >= 4 is 23.5 Å². The zero-order chi connectivity index (χ0) is 18.4. The Morgan fingerprint density at radius 2 is 1.50 bits per heavy atom. The Balaban J connectivity index is 2.80. The first-order valence-electron chi connectivity index (χ1n) is 8.38. The number of esters is 1. The predicted molar refractivity (Wildman–Crippen MR) is 97.1 cm³/mol. The number of rotatable bonds is 7. The summed E-state index contributed by atoms with van der Waals surface area (Å²) in [5.74, 6) is -0.915. The van der Waals surface area contributed by atoms with Gasteiger partial charge in [-0.2, -0.15) is 0 Å². The van der Waals surface area contributed by atoms with Crippen molar-refractivity contribution in [2.45, 2.75) is 59.5 Å². The number of carbonyl (C=O) groups excluding carboxylic acids is 2. The molecule has 24 heavy (non-hydrogen) atoms. The second-order valence-electron chi connectivity index (χ2n) is 6.87. The van der Waals surface area contributed by atoms with Gasteiger partial charge in [0.25, 0.3) is 5.91 Å². The van der Waals surface area contributed by atoms with Gasteiger partial charge in [0.1, 0.15) is 0 Å². The average Bonchev–Trinajstić information content (AvgIpc) is 2.46. The van der Waals surface area contributed by atoms with Crippen molar-refractivity contribution in [3.05, 3.63) is 34.9 Å². The van der Waals surface area contributed by atoms with Crippen molar-refractivity contribution in [1.29, 1.82) is 0 Å². The first-order chi connectivity index (χ1) is 11.1. The lowest BCUT2D eigenvalue weighted by atomic mass is 9.88. The summed E-state index contributed by atoms with van der Waals surface area (Å²) in [6, 6.07) is 7.28. The summed E-state index contributed by atoms with van der Waals surface area (Å²) >= 11 is 5.91. The third kappa shape index (κ3) is 5.52. The van der Waals surface area contributed by atoms with Crippen LogP contribution in [0.3, 0.4) is 0 Å². The Bertz CT molecular complexity index is 544. The molecule has 0 saturated carbocycles. The van der Waals surface area contributed by atoms with Crippen molar-refractivity contribution in [3.63, 3.8) is 0 Å². The topological polar surface area (TPSA) is 46.6 Å². The van der Waals surface area contributed by atoms with Gasteiger partial charge in [0, 0.05) is 17.1 Å². The van der Waals surface area contributed by atoms with Crippen LogP contribution in [-0.2, 0) is 14.3 Å². The van der Waals surface area contributed by atoms with E-state index in [1.54, 1.807) is 17.0 Å². The normalized spacial score (nSPS) is 12.6. The van der Waals surface area contributed by atoms with Gasteiger partial charge in [-0.1, -0.05) is 37.6 Å². The molecule has 0 aromatic heterocycles. The number of carbonyl (C=O) groups is 2. The van der Waals surface area contributed by atoms with Gasteiger partial charge >= 0.3 is 5.97 Å². The van der Waals surface area contributed by atoms with Crippen molar-refractivity contribution in [1.82, 2.24) is 4.90 Å². The fraction of sp³-hybridized carbons (Fsp3) is 0.579. The molecule has 4 nitrogen and oxygen atoms in total. The number of amides is 1. The number of ether oxygens (including phenoxy) is 1. The second-order valence-corrected chi connectivity index (χ2v) is 7.31. The van der Waals surface area contributed by atoms with Gasteiger partial charge in [-0.15, -0.1) is 0 Å². The highest BCUT2D eigenvalue weighted by Gasteiger charge is 2.28. The van der Waals surface area contributed by atoms with Crippen LogP contribution in [0.25, 0.3) is 0 Å². The Kier molecular flexibility index (Phi) is 7.74. The highest BCUT2D eigenvalue weighted by molar-refractivity contribution is 6.30. The fourth-order valence-electron chi connectivity index (χ4n) is 2.93. The van der Waals surface area contributed by atoms with E-state index in [1.807, 2.05) is 53.7 Å². The van der Waals surface area contributed by atoms with Crippen LogP contribution in [0.5, 0.6) is 0 Å². The molecule has 1 aromatic rings. The third-order valence-electron chi connectivity index (χ3n) is 3.89. The van der Waals surface area contributed by atoms with Gasteiger partial charge in [0.2, 0.25) is 0 Å². The number of hydrogen-bond acceptors (Lipinski definition) is 3. The number of benzene rings is 1. The highest BCUT2D eigenvalue weighted by atomic mass is 35.5. The maximum atomic E-state index is 12.5. The highest BCUT2D eigenvalue weighted by Crippen LogP contribution is 2.27. The van der Waals surface area contributed by atoms with Gasteiger partial charge in [0.05, 0.1) is 5.92 Å². The predicted octanol–water partition coefficient (Wildman–Crippen LogP) is 4.27. The quantitative estimate of drug-likeness (QED) is 0.688. The molecule has 1 rings (SSSR count). The summed E-state index contributed by atoms with van der Waals surface area (Å²) < 4.78 is 5.33. The van der Waals surface area contributed by atoms with Crippen LogP contribution in [0, 0.1) is 5.92 Å². The number of halogens is 1. The van der Waals surface area contributed by atoms with E-state index in [0.29, 0.717) is 5.02 Å². The number of nitrogens with zero attached hydrogens (tertiary/aromatic N) is 1. The molecule has 0 heterocycles. The van der Waals surface area contributed by atoms with E-state index >= 15 is 0 Å². The molecule has 1 amide bonds. The van der Waals surface area contributed by atoms with E-state index in [-0.39, 0.29) is 36.5 Å². The molecule has 0 radical (unpaired) electrons. The summed E-state index contributed by atoms with van der Waals surface area (Å²) in [7, 11) is 0. The Morgan fingerprint density at radius 3 is 1.92 bits per heavy atom. The van der Waals surface area contributed by atoms with Crippen LogP contribution in [-0.4, -0.2) is 35.5 Å². The van der Waals surface area contributed by atoms with Crippen LogP contribution in [0.15, 0.2) is 24.3 Å². The summed E-state index contributed by atoms with van der Waals surface area (Å²) in [6.45, 7) is 11.5. The van der Waals surface area contributed by atoms with Crippen molar-refractivity contribution in [2.75, 3.05) is 6.61 Å². The Labute approximate surface area is 150 Å². The van der Waals surface area contributed by atoms with Crippen LogP contribution >= 0.6 is 11.6 Å². The third-order valence-corrected chi connectivity index (χ3v) is 4.14. The van der Waals surface area contributed by atoms with Crippen molar-refractivity contribution < 1.29 is 14.3 Å².